The number of aromatic nitrogens is 2. The first-order valence-electron chi connectivity index (χ1n) is 8.71. The Morgan fingerprint density at radius 1 is 1.24 bits per heavy atom. The molecule has 0 fully saturated rings. The Morgan fingerprint density at radius 2 is 2.04 bits per heavy atom. The summed E-state index contributed by atoms with van der Waals surface area (Å²) in [4.78, 5) is 6.86. The Morgan fingerprint density at radius 3 is 2.84 bits per heavy atom. The van der Waals surface area contributed by atoms with Gasteiger partial charge in [0, 0.05) is 30.9 Å². The zero-order valence-electron chi connectivity index (χ0n) is 15.2. The summed E-state index contributed by atoms with van der Waals surface area (Å²) in [5, 5.41) is 10.3. The summed E-state index contributed by atoms with van der Waals surface area (Å²) in [5.41, 5.74) is 3.33. The highest BCUT2D eigenvalue weighted by molar-refractivity contribution is 5.32. The molecule has 1 aliphatic rings. The number of imidazole rings is 1. The van der Waals surface area contributed by atoms with Crippen molar-refractivity contribution in [3.8, 4) is 5.75 Å². The molecule has 1 N–H and O–H groups in total. The number of aryl methyl sites for hydroxylation is 1. The van der Waals surface area contributed by atoms with E-state index in [0.717, 1.165) is 42.5 Å². The van der Waals surface area contributed by atoms with Crippen molar-refractivity contribution in [2.45, 2.75) is 39.6 Å². The molecule has 2 heterocycles. The number of rotatable bonds is 7. The molecule has 6 nitrogen and oxygen atoms in total. The third-order valence-corrected chi connectivity index (χ3v) is 4.77. The second-order valence-corrected chi connectivity index (χ2v) is 6.57. The van der Waals surface area contributed by atoms with Gasteiger partial charge < -0.3 is 19.1 Å². The number of para-hydroxylation sites is 1. The molecule has 0 saturated carbocycles. The molecule has 3 rings (SSSR count). The minimum Gasteiger partial charge on any atom is -0.496 e. The van der Waals surface area contributed by atoms with Crippen LogP contribution in [0.15, 0.2) is 24.3 Å². The van der Waals surface area contributed by atoms with E-state index in [1.54, 1.807) is 7.11 Å². The van der Waals surface area contributed by atoms with E-state index in [-0.39, 0.29) is 0 Å². The molecule has 0 amide bonds. The number of aliphatic hydroxyl groups is 1. The molecule has 1 aromatic carbocycles. The number of aliphatic hydroxyl groups excluding tert-OH is 1. The summed E-state index contributed by atoms with van der Waals surface area (Å²) in [6.45, 7) is 8.12. The first-order chi connectivity index (χ1) is 12.1. The molecular formula is C19H27N3O3. The molecule has 1 aliphatic heterocycles. The van der Waals surface area contributed by atoms with Crippen molar-refractivity contribution in [1.29, 1.82) is 0 Å². The van der Waals surface area contributed by atoms with E-state index < -0.39 is 6.10 Å². The summed E-state index contributed by atoms with van der Waals surface area (Å²) in [7, 11) is 1.65. The second-order valence-electron chi connectivity index (χ2n) is 6.57. The lowest BCUT2D eigenvalue weighted by Crippen LogP contribution is -2.40. The van der Waals surface area contributed by atoms with Gasteiger partial charge in [-0.15, -0.1) is 0 Å². The van der Waals surface area contributed by atoms with Crippen LogP contribution in [0.4, 0.5) is 0 Å². The fourth-order valence-electron chi connectivity index (χ4n) is 3.30. The third kappa shape index (κ3) is 4.21. The monoisotopic (exact) mass is 345 g/mol. The highest BCUT2D eigenvalue weighted by Crippen LogP contribution is 2.19. The first kappa shape index (κ1) is 17.9. The van der Waals surface area contributed by atoms with Gasteiger partial charge in [-0.05, 0) is 19.9 Å². The number of ether oxygens (including phenoxy) is 2. The molecule has 136 valence electrons. The molecule has 0 radical (unpaired) electrons. The molecule has 2 aromatic rings. The molecular weight excluding hydrogens is 318 g/mol. The van der Waals surface area contributed by atoms with Crippen molar-refractivity contribution in [3.63, 3.8) is 0 Å². The van der Waals surface area contributed by atoms with Crippen LogP contribution in [0.1, 0.15) is 22.8 Å². The predicted octanol–water partition coefficient (Wildman–Crippen LogP) is 1.90. The summed E-state index contributed by atoms with van der Waals surface area (Å²) in [6.07, 6.45) is -0.515. The maximum Gasteiger partial charge on any atom is 0.124 e. The van der Waals surface area contributed by atoms with E-state index >= 15 is 0 Å². The minimum atomic E-state index is -0.515. The van der Waals surface area contributed by atoms with Gasteiger partial charge >= 0.3 is 0 Å². The molecule has 25 heavy (non-hydrogen) atoms. The van der Waals surface area contributed by atoms with Crippen LogP contribution in [0.3, 0.4) is 0 Å². The zero-order chi connectivity index (χ0) is 17.8. The molecule has 0 saturated heterocycles. The fraction of sp³-hybridized carbons (Fsp3) is 0.526. The number of hydrogen-bond donors (Lipinski definition) is 1. The predicted molar refractivity (Wildman–Crippen MR) is 95.6 cm³/mol. The SMILES string of the molecule is COc1ccccc1COC[C@H](O)CN1CCn2c(nc(C)c2C)C1. The van der Waals surface area contributed by atoms with Gasteiger partial charge in [0.1, 0.15) is 11.6 Å². The molecule has 6 heteroatoms. The number of fused-ring (bicyclic) bond motifs is 1. The van der Waals surface area contributed by atoms with Crippen molar-refractivity contribution in [1.82, 2.24) is 14.5 Å². The lowest BCUT2D eigenvalue weighted by atomic mass is 10.2. The van der Waals surface area contributed by atoms with Crippen LogP contribution in [0, 0.1) is 13.8 Å². The number of benzene rings is 1. The van der Waals surface area contributed by atoms with Crippen LogP contribution in [-0.2, 0) is 24.4 Å². The van der Waals surface area contributed by atoms with Gasteiger partial charge in [-0.3, -0.25) is 4.90 Å². The van der Waals surface area contributed by atoms with Crippen LogP contribution in [-0.4, -0.2) is 52.5 Å². The van der Waals surface area contributed by atoms with E-state index in [9.17, 15) is 5.11 Å². The lowest BCUT2D eigenvalue weighted by molar-refractivity contribution is 0.00492. The average Bonchev–Trinajstić information content (AvgIpc) is 2.89. The average molecular weight is 345 g/mol. The Labute approximate surface area is 149 Å². The topological polar surface area (TPSA) is 59.8 Å². The van der Waals surface area contributed by atoms with Gasteiger partial charge in [-0.25, -0.2) is 4.98 Å². The Balaban J connectivity index is 1.46. The standard InChI is InChI=1S/C19H27N3O3/c1-14-15(2)22-9-8-21(11-19(22)20-14)10-17(23)13-25-12-16-6-4-5-7-18(16)24-3/h4-7,17,23H,8-13H2,1-3H3/t17-/m1/s1. The Hall–Kier alpha value is -1.89. The zero-order valence-corrected chi connectivity index (χ0v) is 15.2. The highest BCUT2D eigenvalue weighted by Gasteiger charge is 2.22. The van der Waals surface area contributed by atoms with Gasteiger partial charge in [-0.2, -0.15) is 0 Å². The second kappa shape index (κ2) is 7.99. The van der Waals surface area contributed by atoms with Crippen molar-refractivity contribution in [2.75, 3.05) is 26.8 Å². The van der Waals surface area contributed by atoms with E-state index in [4.69, 9.17) is 9.47 Å². The minimum absolute atomic E-state index is 0.307. The van der Waals surface area contributed by atoms with Crippen LogP contribution < -0.4 is 4.74 Å². The van der Waals surface area contributed by atoms with Crippen LogP contribution in [0.2, 0.25) is 0 Å². The number of β-amino-alcohol motifs (C(OH)–C–C–N with tert-alkyl or cyclic N) is 1. The summed E-state index contributed by atoms with van der Waals surface area (Å²) >= 11 is 0. The smallest absolute Gasteiger partial charge is 0.124 e. The molecule has 0 bridgehead atoms. The van der Waals surface area contributed by atoms with Crippen LogP contribution in [0.5, 0.6) is 5.75 Å². The Kier molecular flexibility index (Phi) is 5.73. The molecule has 0 spiro atoms. The van der Waals surface area contributed by atoms with E-state index in [2.05, 4.69) is 21.4 Å². The lowest BCUT2D eigenvalue weighted by Gasteiger charge is -2.29. The normalized spacial score (nSPS) is 15.8. The van der Waals surface area contributed by atoms with E-state index in [1.165, 1.54) is 5.69 Å². The number of nitrogens with zero attached hydrogens (tertiary/aromatic N) is 3. The van der Waals surface area contributed by atoms with Gasteiger partial charge in [0.25, 0.3) is 0 Å². The fourth-order valence-corrected chi connectivity index (χ4v) is 3.30. The third-order valence-electron chi connectivity index (χ3n) is 4.77. The van der Waals surface area contributed by atoms with Crippen LogP contribution >= 0.6 is 0 Å². The van der Waals surface area contributed by atoms with Gasteiger partial charge in [0.15, 0.2) is 0 Å². The van der Waals surface area contributed by atoms with Crippen molar-refractivity contribution < 1.29 is 14.6 Å². The van der Waals surface area contributed by atoms with Crippen molar-refractivity contribution in [3.05, 3.63) is 47.0 Å². The van der Waals surface area contributed by atoms with Crippen LogP contribution in [0.25, 0.3) is 0 Å². The maximum absolute atomic E-state index is 10.3. The Bertz CT molecular complexity index is 714. The summed E-state index contributed by atoms with van der Waals surface area (Å²) in [5.74, 6) is 1.90. The van der Waals surface area contributed by atoms with Crippen molar-refractivity contribution >= 4 is 0 Å². The summed E-state index contributed by atoms with van der Waals surface area (Å²) in [6, 6.07) is 7.77. The van der Waals surface area contributed by atoms with Gasteiger partial charge in [-0.1, -0.05) is 18.2 Å². The van der Waals surface area contributed by atoms with Gasteiger partial charge in [0.05, 0.1) is 38.7 Å². The van der Waals surface area contributed by atoms with E-state index in [0.29, 0.717) is 19.8 Å². The largest absolute Gasteiger partial charge is 0.496 e. The molecule has 0 aliphatic carbocycles. The first-order valence-corrected chi connectivity index (χ1v) is 8.71. The molecule has 1 aromatic heterocycles. The molecule has 0 unspecified atom stereocenters. The van der Waals surface area contributed by atoms with E-state index in [1.807, 2.05) is 31.2 Å². The quantitative estimate of drug-likeness (QED) is 0.831. The molecule has 1 atom stereocenters. The highest BCUT2D eigenvalue weighted by atomic mass is 16.5. The number of methoxy groups -OCH3 is 1. The van der Waals surface area contributed by atoms with Crippen molar-refractivity contribution in [2.24, 2.45) is 0 Å². The summed E-state index contributed by atoms with van der Waals surface area (Å²) < 4.78 is 13.3. The number of hydrogen-bond acceptors (Lipinski definition) is 5. The maximum atomic E-state index is 10.3. The van der Waals surface area contributed by atoms with Gasteiger partial charge in [0.2, 0.25) is 0 Å².